The second kappa shape index (κ2) is 5.56. The number of amides is 1. The third-order valence-corrected chi connectivity index (χ3v) is 4.95. The van der Waals surface area contributed by atoms with E-state index in [2.05, 4.69) is 14.7 Å². The van der Waals surface area contributed by atoms with Crippen molar-refractivity contribution in [3.63, 3.8) is 0 Å². The summed E-state index contributed by atoms with van der Waals surface area (Å²) >= 11 is 0. The summed E-state index contributed by atoms with van der Waals surface area (Å²) in [4.78, 5) is 22.1. The molecule has 0 unspecified atom stereocenters. The largest absolute Gasteiger partial charge is 0.380 e. The molecule has 0 saturated carbocycles. The summed E-state index contributed by atoms with van der Waals surface area (Å²) < 4.78 is 30.8. The molecule has 2 atom stereocenters. The molecule has 22 heavy (non-hydrogen) atoms. The van der Waals surface area contributed by atoms with E-state index < -0.39 is 10.0 Å². The number of hydrogen-bond acceptors (Lipinski definition) is 6. The first-order chi connectivity index (χ1) is 10.4. The molecule has 0 spiro atoms. The van der Waals surface area contributed by atoms with Crippen LogP contribution in [0.2, 0.25) is 0 Å². The molecule has 0 bridgehead atoms. The van der Waals surface area contributed by atoms with Crippen LogP contribution in [0, 0.1) is 11.3 Å². The molecule has 2 saturated heterocycles. The van der Waals surface area contributed by atoms with Gasteiger partial charge in [0.25, 0.3) is 5.91 Å². The summed E-state index contributed by atoms with van der Waals surface area (Å²) in [7, 11) is -3.28. The zero-order chi connectivity index (χ0) is 15.8. The Balaban J connectivity index is 1.75. The lowest BCUT2D eigenvalue weighted by atomic mass is 9.81. The lowest BCUT2D eigenvalue weighted by molar-refractivity contribution is 0.0715. The van der Waals surface area contributed by atoms with Crippen molar-refractivity contribution in [3.05, 3.63) is 24.3 Å². The molecule has 2 aliphatic rings. The van der Waals surface area contributed by atoms with Gasteiger partial charge in [-0.15, -0.1) is 0 Å². The van der Waals surface area contributed by atoms with Crippen molar-refractivity contribution in [2.45, 2.75) is 0 Å². The van der Waals surface area contributed by atoms with E-state index in [1.165, 1.54) is 18.6 Å². The minimum atomic E-state index is -3.28. The number of hydrogen-bond donors (Lipinski definition) is 1. The lowest BCUT2D eigenvalue weighted by Crippen LogP contribution is -2.43. The van der Waals surface area contributed by atoms with Gasteiger partial charge in [-0.1, -0.05) is 0 Å². The highest BCUT2D eigenvalue weighted by Crippen LogP contribution is 2.41. The SMILES string of the molecule is CS(=O)(=O)NC[C@@]12COC[C@H]1CN(C(=O)c1cnccn1)C2. The van der Waals surface area contributed by atoms with Crippen LogP contribution in [-0.2, 0) is 14.8 Å². The van der Waals surface area contributed by atoms with Crippen LogP contribution in [0.3, 0.4) is 0 Å². The van der Waals surface area contributed by atoms with E-state index in [4.69, 9.17) is 4.74 Å². The van der Waals surface area contributed by atoms with E-state index in [-0.39, 0.29) is 23.8 Å². The summed E-state index contributed by atoms with van der Waals surface area (Å²) in [6.07, 6.45) is 5.56. The van der Waals surface area contributed by atoms with Crippen LogP contribution in [0.1, 0.15) is 10.5 Å². The molecular weight excluding hydrogens is 308 g/mol. The highest BCUT2D eigenvalue weighted by atomic mass is 32.2. The molecule has 1 amide bonds. The molecule has 2 fully saturated rings. The molecule has 1 aromatic heterocycles. The summed E-state index contributed by atoms with van der Waals surface area (Å²) in [6.45, 7) is 2.26. The summed E-state index contributed by atoms with van der Waals surface area (Å²) in [5, 5.41) is 0. The van der Waals surface area contributed by atoms with Gasteiger partial charge in [-0.3, -0.25) is 9.78 Å². The predicted molar refractivity (Wildman–Crippen MR) is 77.5 cm³/mol. The summed E-state index contributed by atoms with van der Waals surface area (Å²) in [6, 6.07) is 0. The molecule has 0 aliphatic carbocycles. The van der Waals surface area contributed by atoms with Gasteiger partial charge in [0.2, 0.25) is 10.0 Å². The maximum absolute atomic E-state index is 12.5. The third-order valence-electron chi connectivity index (χ3n) is 4.28. The van der Waals surface area contributed by atoms with E-state index in [0.717, 1.165) is 6.26 Å². The third kappa shape index (κ3) is 2.96. The van der Waals surface area contributed by atoms with Crippen LogP contribution >= 0.6 is 0 Å². The number of aromatic nitrogens is 2. The van der Waals surface area contributed by atoms with Crippen LogP contribution in [0.25, 0.3) is 0 Å². The van der Waals surface area contributed by atoms with E-state index in [1.807, 2.05) is 0 Å². The van der Waals surface area contributed by atoms with Gasteiger partial charge in [0.05, 0.1) is 25.7 Å². The van der Waals surface area contributed by atoms with Gasteiger partial charge in [-0.25, -0.2) is 18.1 Å². The Morgan fingerprint density at radius 2 is 2.36 bits per heavy atom. The second-order valence-electron chi connectivity index (χ2n) is 5.94. The van der Waals surface area contributed by atoms with Gasteiger partial charge in [-0.2, -0.15) is 0 Å². The van der Waals surface area contributed by atoms with Crippen LogP contribution < -0.4 is 4.72 Å². The molecule has 1 aromatic rings. The van der Waals surface area contributed by atoms with Crippen LogP contribution in [0.15, 0.2) is 18.6 Å². The number of ether oxygens (including phenoxy) is 1. The Morgan fingerprint density at radius 1 is 1.55 bits per heavy atom. The number of nitrogens with one attached hydrogen (secondary N) is 1. The highest BCUT2D eigenvalue weighted by molar-refractivity contribution is 7.88. The second-order valence-corrected chi connectivity index (χ2v) is 7.78. The number of likely N-dealkylation sites (tertiary alicyclic amines) is 1. The monoisotopic (exact) mass is 326 g/mol. The van der Waals surface area contributed by atoms with Crippen molar-refractivity contribution in [1.82, 2.24) is 19.6 Å². The van der Waals surface area contributed by atoms with Gasteiger partial charge >= 0.3 is 0 Å². The van der Waals surface area contributed by atoms with Crippen LogP contribution in [0.4, 0.5) is 0 Å². The first-order valence-electron chi connectivity index (χ1n) is 6.97. The average molecular weight is 326 g/mol. The fourth-order valence-corrected chi connectivity index (χ4v) is 3.63. The number of carbonyl (C=O) groups is 1. The summed E-state index contributed by atoms with van der Waals surface area (Å²) in [5.41, 5.74) is -0.0596. The Labute approximate surface area is 128 Å². The van der Waals surface area contributed by atoms with Crippen molar-refractivity contribution in [3.8, 4) is 0 Å². The molecular formula is C13H18N4O4S. The maximum atomic E-state index is 12.5. The molecule has 0 radical (unpaired) electrons. The number of carbonyl (C=O) groups excluding carboxylic acids is 1. The quantitative estimate of drug-likeness (QED) is 0.770. The zero-order valence-electron chi connectivity index (χ0n) is 12.2. The van der Waals surface area contributed by atoms with Crippen molar-refractivity contribution in [2.75, 3.05) is 39.1 Å². The fraction of sp³-hybridized carbons (Fsp3) is 0.615. The van der Waals surface area contributed by atoms with Crippen molar-refractivity contribution in [1.29, 1.82) is 0 Å². The molecule has 3 heterocycles. The molecule has 2 aliphatic heterocycles. The highest BCUT2D eigenvalue weighted by Gasteiger charge is 2.52. The standard InChI is InChI=1S/C13H18N4O4S/c1-22(19,20)16-7-13-8-17(5-10(13)6-21-9-13)12(18)11-4-14-2-3-15-11/h2-4,10,16H,5-9H2,1H3/t10-,13-/m1/s1. The molecule has 1 N–H and O–H groups in total. The van der Waals surface area contributed by atoms with Crippen LogP contribution in [-0.4, -0.2) is 68.3 Å². The molecule has 9 heteroatoms. The van der Waals surface area contributed by atoms with Gasteiger partial charge in [0, 0.05) is 43.4 Å². The predicted octanol–water partition coefficient (Wildman–Crippen LogP) is -0.886. The van der Waals surface area contributed by atoms with Gasteiger partial charge in [-0.05, 0) is 0 Å². The van der Waals surface area contributed by atoms with Crippen LogP contribution in [0.5, 0.6) is 0 Å². The lowest BCUT2D eigenvalue weighted by Gasteiger charge is -2.26. The van der Waals surface area contributed by atoms with Gasteiger partial charge < -0.3 is 9.64 Å². The van der Waals surface area contributed by atoms with Gasteiger partial charge in [0.15, 0.2) is 0 Å². The van der Waals surface area contributed by atoms with E-state index in [0.29, 0.717) is 32.0 Å². The van der Waals surface area contributed by atoms with Crippen molar-refractivity contribution in [2.24, 2.45) is 11.3 Å². The summed E-state index contributed by atoms with van der Waals surface area (Å²) in [5.74, 6) is -0.0522. The Hall–Kier alpha value is -1.58. The minimum absolute atomic E-state index is 0.127. The van der Waals surface area contributed by atoms with E-state index in [1.54, 1.807) is 4.90 Å². The van der Waals surface area contributed by atoms with Gasteiger partial charge in [0.1, 0.15) is 5.69 Å². The fourth-order valence-electron chi connectivity index (χ4n) is 3.08. The first-order valence-corrected chi connectivity index (χ1v) is 8.86. The van der Waals surface area contributed by atoms with Crippen molar-refractivity contribution >= 4 is 15.9 Å². The Kier molecular flexibility index (Phi) is 3.87. The van der Waals surface area contributed by atoms with Crippen molar-refractivity contribution < 1.29 is 17.9 Å². The minimum Gasteiger partial charge on any atom is -0.380 e. The molecule has 8 nitrogen and oxygen atoms in total. The molecule has 3 rings (SSSR count). The van der Waals surface area contributed by atoms with E-state index >= 15 is 0 Å². The molecule has 120 valence electrons. The zero-order valence-corrected chi connectivity index (χ0v) is 13.0. The number of fused-ring (bicyclic) bond motifs is 1. The topological polar surface area (TPSA) is 101 Å². The number of sulfonamides is 1. The normalized spacial score (nSPS) is 27.9. The number of rotatable bonds is 4. The molecule has 0 aromatic carbocycles. The Morgan fingerprint density at radius 3 is 3.05 bits per heavy atom. The maximum Gasteiger partial charge on any atom is 0.274 e. The smallest absolute Gasteiger partial charge is 0.274 e. The number of nitrogens with zero attached hydrogens (tertiary/aromatic N) is 3. The Bertz CT molecular complexity index is 666. The first kappa shape index (κ1) is 15.3. The van der Waals surface area contributed by atoms with E-state index in [9.17, 15) is 13.2 Å². The average Bonchev–Trinajstić information content (AvgIpc) is 3.02.